The normalized spacial score (nSPS) is 11.6. The number of imidazole rings is 1. The summed E-state index contributed by atoms with van der Waals surface area (Å²) in [5, 5.41) is 2.79. The monoisotopic (exact) mass is 341 g/mol. The van der Waals surface area contributed by atoms with Crippen molar-refractivity contribution in [1.82, 2.24) is 9.55 Å². The number of amides is 1. The molecule has 1 aromatic heterocycles. The van der Waals surface area contributed by atoms with Gasteiger partial charge in [0.05, 0.1) is 23.7 Å². The predicted octanol–water partition coefficient (Wildman–Crippen LogP) is 4.19. The molecule has 6 heteroatoms. The van der Waals surface area contributed by atoms with Gasteiger partial charge in [-0.15, -0.1) is 0 Å². The summed E-state index contributed by atoms with van der Waals surface area (Å²) in [5.41, 5.74) is 1.51. The van der Waals surface area contributed by atoms with Crippen LogP contribution in [0.15, 0.2) is 42.5 Å². The van der Waals surface area contributed by atoms with E-state index in [2.05, 4.69) is 10.3 Å². The molecule has 25 heavy (non-hydrogen) atoms. The van der Waals surface area contributed by atoms with Crippen LogP contribution in [0.5, 0.6) is 5.75 Å². The molecule has 0 fully saturated rings. The molecule has 1 N–H and O–H groups in total. The zero-order valence-electron chi connectivity index (χ0n) is 14.6. The quantitative estimate of drug-likeness (QED) is 0.777. The first-order chi connectivity index (χ1) is 11.8. The summed E-state index contributed by atoms with van der Waals surface area (Å²) in [4.78, 5) is 17.2. The average Bonchev–Trinajstić information content (AvgIpc) is 2.92. The Kier molecular flexibility index (Phi) is 4.20. The van der Waals surface area contributed by atoms with Crippen LogP contribution in [0.25, 0.3) is 11.0 Å². The van der Waals surface area contributed by atoms with Crippen molar-refractivity contribution in [2.75, 3.05) is 12.4 Å². The number of methoxy groups -OCH3 is 1. The first-order valence-electron chi connectivity index (χ1n) is 7.94. The zero-order valence-corrected chi connectivity index (χ0v) is 14.6. The lowest BCUT2D eigenvalue weighted by atomic mass is 10.1. The van der Waals surface area contributed by atoms with E-state index in [1.807, 2.05) is 49.6 Å². The number of aromatic nitrogens is 2. The zero-order chi connectivity index (χ0) is 18.2. The summed E-state index contributed by atoms with van der Waals surface area (Å²) < 4.78 is 20.7. The summed E-state index contributed by atoms with van der Waals surface area (Å²) in [7, 11) is 1.44. The molecule has 0 unspecified atom stereocenters. The molecule has 0 radical (unpaired) electrons. The van der Waals surface area contributed by atoms with Gasteiger partial charge in [-0.3, -0.25) is 10.1 Å². The maximum atomic E-state index is 13.6. The highest BCUT2D eigenvalue weighted by atomic mass is 19.1. The number of ether oxygens (including phenoxy) is 1. The smallest absolute Gasteiger partial charge is 0.261 e. The highest BCUT2D eigenvalue weighted by Crippen LogP contribution is 2.29. The van der Waals surface area contributed by atoms with E-state index in [0.717, 1.165) is 17.1 Å². The predicted molar refractivity (Wildman–Crippen MR) is 95.6 cm³/mol. The van der Waals surface area contributed by atoms with E-state index in [9.17, 15) is 9.18 Å². The molecule has 0 bridgehead atoms. The minimum Gasteiger partial charge on any atom is -0.496 e. The van der Waals surface area contributed by atoms with Gasteiger partial charge < -0.3 is 9.30 Å². The van der Waals surface area contributed by atoms with E-state index in [-0.39, 0.29) is 11.1 Å². The molecule has 0 aliphatic rings. The topological polar surface area (TPSA) is 56.1 Å². The fraction of sp³-hybridized carbons (Fsp3) is 0.263. The average molecular weight is 341 g/mol. The minimum absolute atomic E-state index is 0.120. The SMILES string of the molecule is COc1ccc(F)cc1C(=O)Nc1nc2ccccc2n1C(C)(C)C. The van der Waals surface area contributed by atoms with E-state index >= 15 is 0 Å². The molecule has 0 saturated heterocycles. The number of carbonyl (C=O) groups excluding carboxylic acids is 1. The molecular formula is C19H20FN3O2. The molecule has 0 spiro atoms. The number of fused-ring (bicyclic) bond motifs is 1. The highest BCUT2D eigenvalue weighted by molar-refractivity contribution is 6.06. The second kappa shape index (κ2) is 6.20. The van der Waals surface area contributed by atoms with Gasteiger partial charge in [0, 0.05) is 5.54 Å². The van der Waals surface area contributed by atoms with E-state index in [4.69, 9.17) is 4.74 Å². The van der Waals surface area contributed by atoms with Crippen LogP contribution in [-0.4, -0.2) is 22.6 Å². The van der Waals surface area contributed by atoms with Gasteiger partial charge in [0.1, 0.15) is 11.6 Å². The fourth-order valence-electron chi connectivity index (χ4n) is 2.82. The first kappa shape index (κ1) is 17.0. The maximum absolute atomic E-state index is 13.6. The van der Waals surface area contributed by atoms with E-state index in [1.54, 1.807) is 0 Å². The number of hydrogen-bond acceptors (Lipinski definition) is 3. The molecule has 0 aliphatic carbocycles. The lowest BCUT2D eigenvalue weighted by molar-refractivity contribution is 0.102. The van der Waals surface area contributed by atoms with Crippen LogP contribution in [0.2, 0.25) is 0 Å². The van der Waals surface area contributed by atoms with Gasteiger partial charge in [-0.05, 0) is 51.1 Å². The van der Waals surface area contributed by atoms with Crippen LogP contribution >= 0.6 is 0 Å². The van der Waals surface area contributed by atoms with Crippen molar-refractivity contribution in [2.45, 2.75) is 26.3 Å². The summed E-state index contributed by atoms with van der Waals surface area (Å²) in [6.45, 7) is 6.08. The van der Waals surface area contributed by atoms with E-state index < -0.39 is 11.7 Å². The third-order valence-electron chi connectivity index (χ3n) is 3.86. The highest BCUT2D eigenvalue weighted by Gasteiger charge is 2.24. The van der Waals surface area contributed by atoms with Gasteiger partial charge in [-0.1, -0.05) is 12.1 Å². The first-order valence-corrected chi connectivity index (χ1v) is 7.94. The molecule has 3 aromatic rings. The molecule has 3 rings (SSSR count). The number of hydrogen-bond donors (Lipinski definition) is 1. The van der Waals surface area contributed by atoms with Crippen molar-refractivity contribution in [3.63, 3.8) is 0 Å². The number of rotatable bonds is 3. The molecular weight excluding hydrogens is 321 g/mol. The Morgan fingerprint density at radius 2 is 1.92 bits per heavy atom. The van der Waals surface area contributed by atoms with Gasteiger partial charge in [0.25, 0.3) is 5.91 Å². The van der Waals surface area contributed by atoms with Crippen LogP contribution in [0.4, 0.5) is 10.3 Å². The van der Waals surface area contributed by atoms with Gasteiger partial charge in [0.2, 0.25) is 5.95 Å². The second-order valence-electron chi connectivity index (χ2n) is 6.73. The van der Waals surface area contributed by atoms with Crippen LogP contribution in [0, 0.1) is 5.82 Å². The Hall–Kier alpha value is -2.89. The number of nitrogens with one attached hydrogen (secondary N) is 1. The number of nitrogens with zero attached hydrogens (tertiary/aromatic N) is 2. The van der Waals surface area contributed by atoms with Crippen LogP contribution in [-0.2, 0) is 5.54 Å². The largest absolute Gasteiger partial charge is 0.496 e. The van der Waals surface area contributed by atoms with Gasteiger partial charge in [-0.25, -0.2) is 9.37 Å². The van der Waals surface area contributed by atoms with Crippen molar-refractivity contribution in [3.8, 4) is 5.75 Å². The second-order valence-corrected chi connectivity index (χ2v) is 6.73. The maximum Gasteiger partial charge on any atom is 0.261 e. The number of halogens is 1. The van der Waals surface area contributed by atoms with Crippen LogP contribution in [0.1, 0.15) is 31.1 Å². The molecule has 0 atom stereocenters. The third kappa shape index (κ3) is 3.20. The van der Waals surface area contributed by atoms with Crippen LogP contribution in [0.3, 0.4) is 0 Å². The fourth-order valence-corrected chi connectivity index (χ4v) is 2.82. The number of carbonyl (C=O) groups is 1. The minimum atomic E-state index is -0.504. The van der Waals surface area contributed by atoms with Gasteiger partial charge >= 0.3 is 0 Å². The van der Waals surface area contributed by atoms with Crippen molar-refractivity contribution in [3.05, 3.63) is 53.8 Å². The van der Waals surface area contributed by atoms with Crippen molar-refractivity contribution < 1.29 is 13.9 Å². The van der Waals surface area contributed by atoms with Gasteiger partial charge in [0.15, 0.2) is 0 Å². The summed E-state index contributed by atoms with van der Waals surface area (Å²) in [5.74, 6) is -0.269. The molecule has 130 valence electrons. The van der Waals surface area contributed by atoms with E-state index in [1.165, 1.54) is 19.2 Å². The molecule has 0 aliphatic heterocycles. The Labute approximate surface area is 145 Å². The molecule has 0 saturated carbocycles. The Morgan fingerprint density at radius 3 is 2.60 bits per heavy atom. The molecule has 2 aromatic carbocycles. The number of benzene rings is 2. The van der Waals surface area contributed by atoms with Gasteiger partial charge in [-0.2, -0.15) is 0 Å². The van der Waals surface area contributed by atoms with E-state index in [0.29, 0.717) is 11.7 Å². The Bertz CT molecular complexity index is 941. The van der Waals surface area contributed by atoms with Crippen molar-refractivity contribution in [2.24, 2.45) is 0 Å². The Morgan fingerprint density at radius 1 is 1.20 bits per heavy atom. The standard InChI is InChI=1S/C19H20FN3O2/c1-19(2,3)23-15-8-6-5-7-14(15)21-18(23)22-17(24)13-11-12(20)9-10-16(13)25-4/h5-11H,1-4H3,(H,21,22,24). The molecule has 1 amide bonds. The lowest BCUT2D eigenvalue weighted by Gasteiger charge is -2.24. The summed E-state index contributed by atoms with van der Waals surface area (Å²) in [6.07, 6.45) is 0. The van der Waals surface area contributed by atoms with Crippen molar-refractivity contribution >= 4 is 22.9 Å². The number of anilines is 1. The number of para-hydroxylation sites is 2. The molecule has 5 nitrogen and oxygen atoms in total. The third-order valence-corrected chi connectivity index (χ3v) is 3.86. The lowest BCUT2D eigenvalue weighted by Crippen LogP contribution is -2.26. The Balaban J connectivity index is 2.07. The van der Waals surface area contributed by atoms with Crippen LogP contribution < -0.4 is 10.1 Å². The summed E-state index contributed by atoms with van der Waals surface area (Å²) >= 11 is 0. The summed E-state index contributed by atoms with van der Waals surface area (Å²) in [6, 6.07) is 11.5. The molecule has 1 heterocycles. The van der Waals surface area contributed by atoms with Crippen molar-refractivity contribution in [1.29, 1.82) is 0 Å².